The third-order valence-electron chi connectivity index (χ3n) is 11.1. The second kappa shape index (κ2) is 11.3. The Hall–Kier alpha value is -1.92. The lowest BCUT2D eigenvalue weighted by molar-refractivity contribution is -0.162. The van der Waals surface area contributed by atoms with E-state index in [1.807, 2.05) is 6.92 Å². The van der Waals surface area contributed by atoms with Gasteiger partial charge in [-0.05, 0) is 105 Å². The summed E-state index contributed by atoms with van der Waals surface area (Å²) in [5.41, 5.74) is 0.0954. The van der Waals surface area contributed by atoms with Crippen molar-refractivity contribution in [3.63, 3.8) is 0 Å². The van der Waals surface area contributed by atoms with Crippen molar-refractivity contribution in [1.82, 2.24) is 0 Å². The zero-order chi connectivity index (χ0) is 27.8. The highest BCUT2D eigenvalue weighted by Crippen LogP contribution is 2.68. The van der Waals surface area contributed by atoms with E-state index in [2.05, 4.69) is 13.8 Å². The van der Waals surface area contributed by atoms with Gasteiger partial charge in [-0.25, -0.2) is 0 Å². The van der Waals surface area contributed by atoms with Crippen LogP contribution in [0.25, 0.3) is 0 Å². The number of rotatable bonds is 8. The Balaban J connectivity index is 1.43. The molecule has 0 saturated heterocycles. The smallest absolute Gasteiger partial charge is 0.306 e. The van der Waals surface area contributed by atoms with Gasteiger partial charge in [0.15, 0.2) is 0 Å². The topological polar surface area (TPSA) is 96.0 Å². The number of hydrogen-bond acceptors (Lipinski definition) is 7. The highest BCUT2D eigenvalue weighted by Gasteiger charge is 2.64. The predicted octanol–water partition coefficient (Wildman–Crippen LogP) is 5.67. The Morgan fingerprint density at radius 3 is 2.21 bits per heavy atom. The molecule has 214 valence electrons. The van der Waals surface area contributed by atoms with E-state index < -0.39 is 0 Å². The highest BCUT2D eigenvalue weighted by atomic mass is 16.5. The largest absolute Gasteiger partial charge is 0.466 e. The number of esters is 3. The third-order valence-corrected chi connectivity index (χ3v) is 11.1. The molecule has 0 amide bonds. The van der Waals surface area contributed by atoms with Crippen LogP contribution in [0.3, 0.4) is 0 Å². The summed E-state index contributed by atoms with van der Waals surface area (Å²) in [7, 11) is 0. The number of hydrogen-bond donors (Lipinski definition) is 0. The third kappa shape index (κ3) is 5.67. The first-order valence-corrected chi connectivity index (χ1v) is 14.9. The fourth-order valence-corrected chi connectivity index (χ4v) is 9.33. The molecular formula is C31H48O7. The van der Waals surface area contributed by atoms with Gasteiger partial charge in [-0.3, -0.25) is 19.2 Å². The Labute approximate surface area is 228 Å². The van der Waals surface area contributed by atoms with Gasteiger partial charge in [0, 0.05) is 20.3 Å². The first-order valence-electron chi connectivity index (χ1n) is 14.9. The zero-order valence-corrected chi connectivity index (χ0v) is 24.3. The molecule has 7 heteroatoms. The fourth-order valence-electron chi connectivity index (χ4n) is 9.33. The molecule has 0 bridgehead atoms. The normalized spacial score (nSPS) is 40.6. The van der Waals surface area contributed by atoms with Crippen LogP contribution >= 0.6 is 0 Å². The van der Waals surface area contributed by atoms with E-state index in [0.29, 0.717) is 36.7 Å². The summed E-state index contributed by atoms with van der Waals surface area (Å²) in [6.07, 6.45) is 8.67. The van der Waals surface area contributed by atoms with Crippen molar-refractivity contribution in [3.05, 3.63) is 0 Å². The molecule has 4 aliphatic carbocycles. The molecule has 4 fully saturated rings. The van der Waals surface area contributed by atoms with E-state index in [1.165, 1.54) is 13.8 Å². The number of Topliss-reactive ketones (excluding diaryl/α,β-unsaturated/α-hetero) is 1. The summed E-state index contributed by atoms with van der Waals surface area (Å²) in [5, 5.41) is 0. The molecule has 4 aliphatic rings. The molecule has 4 rings (SSSR count). The zero-order valence-electron chi connectivity index (χ0n) is 24.3. The fraction of sp³-hybridized carbons (Fsp3) is 0.871. The van der Waals surface area contributed by atoms with E-state index >= 15 is 0 Å². The number of ketones is 1. The van der Waals surface area contributed by atoms with Gasteiger partial charge in [0.25, 0.3) is 0 Å². The van der Waals surface area contributed by atoms with E-state index in [-0.39, 0.29) is 65.0 Å². The van der Waals surface area contributed by atoms with Crippen molar-refractivity contribution in [1.29, 1.82) is 0 Å². The van der Waals surface area contributed by atoms with Gasteiger partial charge in [-0.1, -0.05) is 20.8 Å². The van der Waals surface area contributed by atoms with E-state index in [9.17, 15) is 19.2 Å². The van der Waals surface area contributed by atoms with Gasteiger partial charge in [0.05, 0.1) is 12.5 Å². The average molecular weight is 533 g/mol. The Bertz CT molecular complexity index is 929. The summed E-state index contributed by atoms with van der Waals surface area (Å²) in [6.45, 7) is 11.6. The Morgan fingerprint density at radius 2 is 1.55 bits per heavy atom. The summed E-state index contributed by atoms with van der Waals surface area (Å²) >= 11 is 0. The van der Waals surface area contributed by atoms with Crippen molar-refractivity contribution in [2.24, 2.45) is 46.3 Å². The first-order chi connectivity index (χ1) is 17.8. The monoisotopic (exact) mass is 532 g/mol. The van der Waals surface area contributed by atoms with E-state index in [0.717, 1.165) is 51.4 Å². The van der Waals surface area contributed by atoms with Crippen molar-refractivity contribution < 1.29 is 33.4 Å². The SMILES string of the molecule is CC(=O)OC[C@H](C)CCC(=O)O[C@H]1C[C@H]2[C@@H]3CC[C@H]4C[C@@H](OC(C)=O)CC[C@]4(C)[C@H]3CC[C@]2(C)[C@H]1C(C)=O. The second-order valence-electron chi connectivity index (χ2n) is 13.5. The standard InChI is InChI=1S/C31H48O7/c1-18(17-36-20(3)33)7-10-28(35)38-27-16-26-24-9-8-22-15-23(37-21(4)34)11-13-30(22,5)25(24)12-14-31(26,6)29(27)19(2)32/h18,22-27,29H,7-17H2,1-6H3/t18-,22+,23+,24-,25+,26+,27+,29+,30+,31+/m1/s1. The second-order valence-corrected chi connectivity index (χ2v) is 13.5. The number of carbonyl (C=O) groups is 4. The molecular weight excluding hydrogens is 484 g/mol. The molecule has 7 nitrogen and oxygen atoms in total. The summed E-state index contributed by atoms with van der Waals surface area (Å²) < 4.78 is 16.7. The van der Waals surface area contributed by atoms with Crippen LogP contribution in [-0.4, -0.2) is 42.5 Å². The molecule has 0 spiro atoms. The molecule has 0 heterocycles. The van der Waals surface area contributed by atoms with Crippen LogP contribution in [-0.2, 0) is 33.4 Å². The molecule has 0 unspecified atom stereocenters. The van der Waals surface area contributed by atoms with Gasteiger partial charge in [0.2, 0.25) is 0 Å². The maximum atomic E-state index is 13.0. The van der Waals surface area contributed by atoms with Crippen LogP contribution in [0.5, 0.6) is 0 Å². The van der Waals surface area contributed by atoms with Crippen molar-refractivity contribution in [2.45, 2.75) is 118 Å². The van der Waals surface area contributed by atoms with E-state index in [4.69, 9.17) is 14.2 Å². The minimum Gasteiger partial charge on any atom is -0.466 e. The lowest BCUT2D eigenvalue weighted by atomic mass is 9.44. The summed E-state index contributed by atoms with van der Waals surface area (Å²) in [6, 6.07) is 0. The molecule has 0 aromatic rings. The van der Waals surface area contributed by atoms with Crippen molar-refractivity contribution in [3.8, 4) is 0 Å². The lowest BCUT2D eigenvalue weighted by Crippen LogP contribution is -2.54. The molecule has 38 heavy (non-hydrogen) atoms. The Morgan fingerprint density at radius 1 is 0.842 bits per heavy atom. The molecule has 0 radical (unpaired) electrons. The molecule has 0 aromatic carbocycles. The van der Waals surface area contributed by atoms with Crippen LogP contribution in [0.2, 0.25) is 0 Å². The Kier molecular flexibility index (Phi) is 8.64. The number of ether oxygens (including phenoxy) is 3. The maximum absolute atomic E-state index is 13.0. The quantitative estimate of drug-likeness (QED) is 0.294. The van der Waals surface area contributed by atoms with Crippen molar-refractivity contribution in [2.75, 3.05) is 6.61 Å². The molecule has 0 N–H and O–H groups in total. The molecule has 0 aromatic heterocycles. The van der Waals surface area contributed by atoms with Crippen molar-refractivity contribution >= 4 is 23.7 Å². The average Bonchev–Trinajstić information content (AvgIpc) is 3.13. The van der Waals surface area contributed by atoms with Gasteiger partial charge < -0.3 is 14.2 Å². The molecule has 0 aliphatic heterocycles. The number of carbonyl (C=O) groups excluding carboxylic acids is 4. The number of fused-ring (bicyclic) bond motifs is 5. The van der Waals surface area contributed by atoms with Crippen LogP contribution in [0, 0.1) is 46.3 Å². The minimum absolute atomic E-state index is 0.0464. The highest BCUT2D eigenvalue weighted by molar-refractivity contribution is 5.81. The van der Waals surface area contributed by atoms with Gasteiger partial charge in [0.1, 0.15) is 18.0 Å². The van der Waals surface area contributed by atoms with Gasteiger partial charge in [-0.2, -0.15) is 0 Å². The van der Waals surface area contributed by atoms with E-state index in [1.54, 1.807) is 6.92 Å². The van der Waals surface area contributed by atoms with Crippen LogP contribution in [0.15, 0.2) is 0 Å². The van der Waals surface area contributed by atoms with Gasteiger partial charge in [-0.15, -0.1) is 0 Å². The van der Waals surface area contributed by atoms with Crippen LogP contribution in [0.1, 0.15) is 106 Å². The first kappa shape index (κ1) is 29.1. The summed E-state index contributed by atoms with van der Waals surface area (Å²) in [5.74, 6) is 1.29. The van der Waals surface area contributed by atoms with Crippen LogP contribution < -0.4 is 0 Å². The summed E-state index contributed by atoms with van der Waals surface area (Å²) in [4.78, 5) is 48.5. The van der Waals surface area contributed by atoms with Gasteiger partial charge >= 0.3 is 17.9 Å². The van der Waals surface area contributed by atoms with Crippen LogP contribution in [0.4, 0.5) is 0 Å². The predicted molar refractivity (Wildman–Crippen MR) is 142 cm³/mol. The molecule has 4 saturated carbocycles. The minimum atomic E-state index is -0.359. The lowest BCUT2D eigenvalue weighted by Gasteiger charge is -2.60. The molecule has 10 atom stereocenters. The maximum Gasteiger partial charge on any atom is 0.306 e.